The minimum absolute atomic E-state index is 0.298. The van der Waals surface area contributed by atoms with Gasteiger partial charge in [0, 0.05) is 10.9 Å². The van der Waals surface area contributed by atoms with Gasteiger partial charge in [-0.15, -0.1) is 11.3 Å². The number of hydrogen-bond acceptors (Lipinski definition) is 4. The second kappa shape index (κ2) is 8.01. The van der Waals surface area contributed by atoms with Crippen molar-refractivity contribution in [1.82, 2.24) is 0 Å². The zero-order valence-corrected chi connectivity index (χ0v) is 14.1. The molecular weight excluding hydrogens is 336 g/mol. The van der Waals surface area contributed by atoms with Crippen LogP contribution in [-0.4, -0.2) is 18.5 Å². The van der Waals surface area contributed by atoms with E-state index in [0.29, 0.717) is 4.88 Å². The number of anilines is 1. The van der Waals surface area contributed by atoms with Gasteiger partial charge in [0.2, 0.25) is 0 Å². The molecule has 2 aromatic rings. The van der Waals surface area contributed by atoms with Crippen molar-refractivity contribution in [2.24, 2.45) is 0 Å². The molecule has 0 aliphatic carbocycles. The number of ether oxygens (including phenoxy) is 1. The van der Waals surface area contributed by atoms with Crippen LogP contribution < -0.4 is 5.32 Å². The Balaban J connectivity index is 1.92. The molecule has 1 amide bonds. The summed E-state index contributed by atoms with van der Waals surface area (Å²) in [5, 5.41) is 2.17. The number of carbonyl (C=O) groups is 2. The summed E-state index contributed by atoms with van der Waals surface area (Å²) in [4.78, 5) is 25.1. The molecule has 0 saturated heterocycles. The van der Waals surface area contributed by atoms with Gasteiger partial charge in [-0.25, -0.2) is 13.6 Å². The molecule has 0 spiro atoms. The van der Waals surface area contributed by atoms with E-state index in [9.17, 15) is 18.4 Å². The lowest BCUT2D eigenvalue weighted by Crippen LogP contribution is -2.21. The van der Waals surface area contributed by atoms with Crippen molar-refractivity contribution in [3.05, 3.63) is 51.2 Å². The Morgan fingerprint density at radius 2 is 2.00 bits per heavy atom. The Morgan fingerprint density at radius 3 is 2.71 bits per heavy atom. The maximum Gasteiger partial charge on any atom is 0.348 e. The molecule has 0 saturated carbocycles. The zero-order valence-electron chi connectivity index (χ0n) is 13.3. The van der Waals surface area contributed by atoms with Gasteiger partial charge in [0.15, 0.2) is 6.61 Å². The molecule has 0 radical (unpaired) electrons. The number of carbonyl (C=O) groups excluding carboxylic acids is 2. The summed E-state index contributed by atoms with van der Waals surface area (Å²) in [5.41, 5.74) is 0.786. The maximum atomic E-state index is 13.4. The van der Waals surface area contributed by atoms with E-state index in [-0.39, 0.29) is 5.69 Å². The van der Waals surface area contributed by atoms with Crippen molar-refractivity contribution in [2.45, 2.75) is 26.7 Å². The third-order valence-corrected chi connectivity index (χ3v) is 4.35. The van der Waals surface area contributed by atoms with E-state index in [0.717, 1.165) is 41.5 Å². The van der Waals surface area contributed by atoms with Crippen molar-refractivity contribution >= 4 is 28.9 Å². The number of esters is 1. The van der Waals surface area contributed by atoms with Crippen LogP contribution in [0.4, 0.5) is 14.5 Å². The monoisotopic (exact) mass is 353 g/mol. The van der Waals surface area contributed by atoms with E-state index in [4.69, 9.17) is 4.74 Å². The van der Waals surface area contributed by atoms with Gasteiger partial charge in [-0.05, 0) is 37.1 Å². The average Bonchev–Trinajstić information content (AvgIpc) is 2.90. The van der Waals surface area contributed by atoms with E-state index >= 15 is 0 Å². The molecule has 24 heavy (non-hydrogen) atoms. The minimum Gasteiger partial charge on any atom is -0.451 e. The van der Waals surface area contributed by atoms with E-state index in [2.05, 4.69) is 5.32 Å². The normalized spacial score (nSPS) is 10.5. The van der Waals surface area contributed by atoms with E-state index < -0.39 is 30.1 Å². The number of halogens is 2. The predicted molar refractivity (Wildman–Crippen MR) is 88.3 cm³/mol. The molecule has 0 atom stereocenters. The second-order valence-corrected chi connectivity index (χ2v) is 6.45. The number of nitrogens with one attached hydrogen (secondary N) is 1. The Bertz CT molecular complexity index is 758. The summed E-state index contributed by atoms with van der Waals surface area (Å²) in [7, 11) is 0. The van der Waals surface area contributed by atoms with Crippen LogP contribution in [0.5, 0.6) is 0 Å². The molecule has 1 N–H and O–H groups in total. The van der Waals surface area contributed by atoms with Crippen LogP contribution in [-0.2, 0) is 16.0 Å². The summed E-state index contributed by atoms with van der Waals surface area (Å²) in [6.07, 6.45) is 1.84. The molecule has 1 heterocycles. The highest BCUT2D eigenvalue weighted by Crippen LogP contribution is 2.23. The van der Waals surface area contributed by atoms with Crippen molar-refractivity contribution in [1.29, 1.82) is 0 Å². The molecule has 0 aliphatic rings. The van der Waals surface area contributed by atoms with Gasteiger partial charge < -0.3 is 10.1 Å². The Morgan fingerprint density at radius 1 is 1.25 bits per heavy atom. The lowest BCUT2D eigenvalue weighted by Gasteiger charge is -2.07. The first-order chi connectivity index (χ1) is 11.4. The molecule has 0 fully saturated rings. The van der Waals surface area contributed by atoms with Crippen LogP contribution >= 0.6 is 11.3 Å². The number of benzene rings is 1. The fourth-order valence-electron chi connectivity index (χ4n) is 2.12. The third kappa shape index (κ3) is 4.61. The molecule has 2 rings (SSSR count). The average molecular weight is 353 g/mol. The summed E-state index contributed by atoms with van der Waals surface area (Å²) >= 11 is 1.31. The molecule has 4 nitrogen and oxygen atoms in total. The first kappa shape index (κ1) is 18.1. The number of hydrogen-bond donors (Lipinski definition) is 1. The Hall–Kier alpha value is -2.28. The molecular formula is C17H17F2NO3S. The third-order valence-electron chi connectivity index (χ3n) is 3.28. The SMILES string of the molecule is CCCc1cc(C(=O)OCC(=O)Nc2cc(F)ccc2F)sc1C. The topological polar surface area (TPSA) is 55.4 Å². The van der Waals surface area contributed by atoms with Gasteiger partial charge in [-0.1, -0.05) is 13.3 Å². The van der Waals surface area contributed by atoms with Gasteiger partial charge in [0.1, 0.15) is 16.5 Å². The number of amides is 1. The van der Waals surface area contributed by atoms with Gasteiger partial charge in [0.25, 0.3) is 5.91 Å². The molecule has 0 unspecified atom stereocenters. The summed E-state index contributed by atoms with van der Waals surface area (Å²) in [6, 6.07) is 4.46. The molecule has 1 aromatic carbocycles. The molecule has 7 heteroatoms. The van der Waals surface area contributed by atoms with E-state index in [1.807, 2.05) is 13.8 Å². The van der Waals surface area contributed by atoms with Crippen molar-refractivity contribution in [2.75, 3.05) is 11.9 Å². The molecule has 0 aliphatic heterocycles. The van der Waals surface area contributed by atoms with Gasteiger partial charge in [0.05, 0.1) is 5.69 Å². The number of rotatable bonds is 6. The minimum atomic E-state index is -0.769. The van der Waals surface area contributed by atoms with Crippen LogP contribution in [0.25, 0.3) is 0 Å². The van der Waals surface area contributed by atoms with Crippen molar-refractivity contribution in [3.63, 3.8) is 0 Å². The fraction of sp³-hybridized carbons (Fsp3) is 0.294. The quantitative estimate of drug-likeness (QED) is 0.796. The van der Waals surface area contributed by atoms with Gasteiger partial charge >= 0.3 is 5.97 Å². The van der Waals surface area contributed by atoms with Crippen molar-refractivity contribution < 1.29 is 23.1 Å². The smallest absolute Gasteiger partial charge is 0.348 e. The lowest BCUT2D eigenvalue weighted by molar-refractivity contribution is -0.119. The van der Waals surface area contributed by atoms with Crippen LogP contribution in [0.2, 0.25) is 0 Å². The highest BCUT2D eigenvalue weighted by atomic mass is 32.1. The molecule has 1 aromatic heterocycles. The van der Waals surface area contributed by atoms with Gasteiger partial charge in [-0.2, -0.15) is 0 Å². The van der Waals surface area contributed by atoms with Crippen LogP contribution in [0.15, 0.2) is 24.3 Å². The maximum absolute atomic E-state index is 13.4. The van der Waals surface area contributed by atoms with Crippen molar-refractivity contribution in [3.8, 4) is 0 Å². The second-order valence-electron chi connectivity index (χ2n) is 5.19. The fourth-order valence-corrected chi connectivity index (χ4v) is 3.09. The predicted octanol–water partition coefficient (Wildman–Crippen LogP) is 4.08. The van der Waals surface area contributed by atoms with E-state index in [1.165, 1.54) is 11.3 Å². The van der Waals surface area contributed by atoms with Crippen LogP contribution in [0, 0.1) is 18.6 Å². The molecule has 0 bridgehead atoms. The number of aryl methyl sites for hydroxylation is 2. The lowest BCUT2D eigenvalue weighted by atomic mass is 10.1. The van der Waals surface area contributed by atoms with Crippen LogP contribution in [0.1, 0.15) is 33.5 Å². The highest BCUT2D eigenvalue weighted by molar-refractivity contribution is 7.14. The Labute approximate surface area is 142 Å². The summed E-state index contributed by atoms with van der Waals surface area (Å²) in [6.45, 7) is 3.39. The van der Waals surface area contributed by atoms with E-state index in [1.54, 1.807) is 6.07 Å². The van der Waals surface area contributed by atoms with Gasteiger partial charge in [-0.3, -0.25) is 4.79 Å². The zero-order chi connectivity index (χ0) is 17.7. The standard InChI is InChI=1S/C17H17F2NO3S/c1-3-4-11-7-15(24-10(11)2)17(22)23-9-16(21)20-14-8-12(18)5-6-13(14)19/h5-8H,3-4,9H2,1-2H3,(H,20,21). The largest absolute Gasteiger partial charge is 0.451 e. The summed E-state index contributed by atoms with van der Waals surface area (Å²) < 4.78 is 31.4. The first-order valence-corrected chi connectivity index (χ1v) is 8.23. The molecule has 128 valence electrons. The first-order valence-electron chi connectivity index (χ1n) is 7.42. The Kier molecular flexibility index (Phi) is 6.03. The number of thiophene rings is 1. The highest BCUT2D eigenvalue weighted by Gasteiger charge is 2.16. The van der Waals surface area contributed by atoms with Crippen LogP contribution in [0.3, 0.4) is 0 Å². The summed E-state index contributed by atoms with van der Waals surface area (Å²) in [5.74, 6) is -2.80.